The number of carboxylic acids is 1. The van der Waals surface area contributed by atoms with Crippen molar-refractivity contribution >= 4 is 32.7 Å². The van der Waals surface area contributed by atoms with Crippen molar-refractivity contribution in [3.63, 3.8) is 0 Å². The number of nitrogens with zero attached hydrogens (tertiary/aromatic N) is 5. The second kappa shape index (κ2) is 14.4. The molecule has 3 N–H and O–H groups in total. The van der Waals surface area contributed by atoms with Gasteiger partial charge in [-0.05, 0) is 50.6 Å². The number of aliphatic carboxylic acids is 1. The van der Waals surface area contributed by atoms with Gasteiger partial charge in [0, 0.05) is 49.6 Å². The van der Waals surface area contributed by atoms with E-state index in [1.165, 1.54) is 0 Å². The fourth-order valence-electron chi connectivity index (χ4n) is 5.43. The number of carboxylic acid groups (broad SMARTS) is 1. The van der Waals surface area contributed by atoms with Gasteiger partial charge in [-0.3, -0.25) is 9.58 Å². The summed E-state index contributed by atoms with van der Waals surface area (Å²) >= 11 is 0. The van der Waals surface area contributed by atoms with Gasteiger partial charge >= 0.3 is 12.1 Å². The third-order valence-corrected chi connectivity index (χ3v) is 9.33. The van der Waals surface area contributed by atoms with Gasteiger partial charge in [-0.25, -0.2) is 22.9 Å². The van der Waals surface area contributed by atoms with E-state index in [2.05, 4.69) is 53.0 Å². The average Bonchev–Trinajstić information content (AvgIpc) is 3.65. The fraction of sp³-hybridized carbons (Fsp3) is 0.484. The van der Waals surface area contributed by atoms with Crippen molar-refractivity contribution in [2.75, 3.05) is 32.0 Å². The predicted molar refractivity (Wildman–Crippen MR) is 169 cm³/mol. The number of likely N-dealkylation sites (tertiary alicyclic amines) is 1. The van der Waals surface area contributed by atoms with Crippen LogP contribution >= 0.6 is 0 Å². The second-order valence-corrected chi connectivity index (χ2v) is 14.2. The summed E-state index contributed by atoms with van der Waals surface area (Å²) in [5, 5.41) is 19.7. The molecule has 0 bridgehead atoms. The first kappa shape index (κ1) is 35.8. The molecule has 4 aromatic rings. The summed E-state index contributed by atoms with van der Waals surface area (Å²) in [6.07, 6.45) is -0.777. The summed E-state index contributed by atoms with van der Waals surface area (Å²) < 4.78 is 69.6. The molecule has 0 spiro atoms. The molecule has 1 fully saturated rings. The Kier molecular flexibility index (Phi) is 11.0. The lowest BCUT2D eigenvalue weighted by molar-refractivity contribution is -0.192. The number of hydrogen-bond acceptors (Lipinski definition) is 9. The van der Waals surface area contributed by atoms with E-state index in [-0.39, 0.29) is 22.3 Å². The molecule has 0 radical (unpaired) electrons. The highest BCUT2D eigenvalue weighted by atomic mass is 32.2. The number of hydrogen-bond donors (Lipinski definition) is 3. The number of halogens is 3. The summed E-state index contributed by atoms with van der Waals surface area (Å²) in [5.41, 5.74) is 2.49. The Balaban J connectivity index is 0.000000644. The molecule has 1 saturated heterocycles. The van der Waals surface area contributed by atoms with Crippen LogP contribution in [0.5, 0.6) is 0 Å². The number of benzene rings is 1. The van der Waals surface area contributed by atoms with Crippen molar-refractivity contribution in [2.45, 2.75) is 62.6 Å². The van der Waals surface area contributed by atoms with Crippen LogP contribution in [0.1, 0.15) is 56.8 Å². The van der Waals surface area contributed by atoms with E-state index in [0.29, 0.717) is 25.3 Å². The van der Waals surface area contributed by atoms with Crippen LogP contribution in [0.2, 0.25) is 0 Å². The van der Waals surface area contributed by atoms with E-state index >= 15 is 0 Å². The summed E-state index contributed by atoms with van der Waals surface area (Å²) in [7, 11) is 0.159. The van der Waals surface area contributed by atoms with Crippen molar-refractivity contribution in [2.24, 2.45) is 13.0 Å². The lowest BCUT2D eigenvalue weighted by Crippen LogP contribution is -2.42. The highest BCUT2D eigenvalue weighted by Crippen LogP contribution is 2.35. The smallest absolute Gasteiger partial charge is 0.475 e. The number of rotatable bonds is 9. The van der Waals surface area contributed by atoms with Crippen LogP contribution in [0.15, 0.2) is 58.1 Å². The highest BCUT2D eigenvalue weighted by Gasteiger charge is 2.38. The Labute approximate surface area is 271 Å². The molecule has 0 aliphatic carbocycles. The van der Waals surface area contributed by atoms with E-state index in [1.54, 1.807) is 12.3 Å². The van der Waals surface area contributed by atoms with Crippen molar-refractivity contribution in [1.82, 2.24) is 29.5 Å². The third-order valence-electron chi connectivity index (χ3n) is 7.90. The Morgan fingerprint density at radius 3 is 2.45 bits per heavy atom. The number of aryl methyl sites for hydroxylation is 1. The molecule has 0 saturated carbocycles. The van der Waals surface area contributed by atoms with Gasteiger partial charge in [-0.2, -0.15) is 18.3 Å². The second-order valence-electron chi connectivity index (χ2n) is 12.5. The number of fused-ring (bicyclic) bond motifs is 1. The minimum atomic E-state index is -5.08. The first-order valence-corrected chi connectivity index (χ1v) is 16.5. The van der Waals surface area contributed by atoms with Crippen molar-refractivity contribution < 1.29 is 36.0 Å². The summed E-state index contributed by atoms with van der Waals surface area (Å²) in [6.45, 7) is 7.96. The molecular weight excluding hydrogens is 639 g/mol. The maximum atomic E-state index is 13.8. The van der Waals surface area contributed by atoms with Crippen LogP contribution in [0.25, 0.3) is 10.9 Å². The number of piperidine rings is 1. The summed E-state index contributed by atoms with van der Waals surface area (Å²) in [4.78, 5) is 16.0. The summed E-state index contributed by atoms with van der Waals surface area (Å²) in [6, 6.07) is 13.3. The Morgan fingerprint density at radius 1 is 1.13 bits per heavy atom. The van der Waals surface area contributed by atoms with E-state index in [4.69, 9.17) is 19.4 Å². The topological polar surface area (TPSA) is 155 Å². The molecule has 12 nitrogen and oxygen atoms in total. The maximum Gasteiger partial charge on any atom is 0.490 e. The molecule has 4 heterocycles. The van der Waals surface area contributed by atoms with Gasteiger partial charge in [0.25, 0.3) is 0 Å². The lowest BCUT2D eigenvalue weighted by atomic mass is 9.87. The van der Waals surface area contributed by atoms with Crippen molar-refractivity contribution in [1.29, 1.82) is 0 Å². The molecule has 3 aromatic heterocycles. The first-order chi connectivity index (χ1) is 22.0. The molecule has 5 rings (SSSR count). The van der Waals surface area contributed by atoms with Crippen LogP contribution < -0.4 is 10.0 Å². The maximum absolute atomic E-state index is 13.8. The number of pyridine rings is 1. The number of para-hydroxylation sites is 1. The number of alkyl halides is 3. The minimum absolute atomic E-state index is 0.0803. The highest BCUT2D eigenvalue weighted by molar-refractivity contribution is 7.89. The van der Waals surface area contributed by atoms with Gasteiger partial charge in [-0.1, -0.05) is 44.1 Å². The molecule has 256 valence electrons. The normalized spacial score (nSPS) is 17.7. The zero-order valence-electron chi connectivity index (χ0n) is 26.9. The Hall–Kier alpha value is -4.02. The van der Waals surface area contributed by atoms with Crippen LogP contribution in [0.4, 0.5) is 19.0 Å². The first-order valence-electron chi connectivity index (χ1n) is 15.0. The molecule has 47 heavy (non-hydrogen) atoms. The zero-order valence-corrected chi connectivity index (χ0v) is 27.7. The number of aromatic nitrogens is 4. The number of anilines is 1. The van der Waals surface area contributed by atoms with Crippen LogP contribution in [-0.4, -0.2) is 77.2 Å². The van der Waals surface area contributed by atoms with E-state index in [0.717, 1.165) is 47.4 Å². The average molecular weight is 680 g/mol. The third kappa shape index (κ3) is 9.08. The predicted octanol–water partition coefficient (Wildman–Crippen LogP) is 4.90. The zero-order chi connectivity index (χ0) is 34.6. The van der Waals surface area contributed by atoms with Gasteiger partial charge in [-0.15, -0.1) is 0 Å². The molecule has 16 heteroatoms. The molecule has 0 unspecified atom stereocenters. The molecular formula is C31H40F3N7O5S. The SMILES string of the molecule is CN1CCC[C@@H](CNS(=O)(=O)c2cc3ccccc3nc2NCCc2cc(C(C)(C)C)on2)[C@@H]1c1ccnn1C.O=C(O)C(F)(F)F. The monoisotopic (exact) mass is 679 g/mol. The van der Waals surface area contributed by atoms with E-state index in [9.17, 15) is 21.6 Å². The van der Waals surface area contributed by atoms with Gasteiger partial charge in [0.1, 0.15) is 16.5 Å². The standard InChI is InChI=1S/C29H39N7O3S.C2HF3O2/c1-29(2,3)26-18-22(34-39-26)12-14-30-28-25(17-20-9-6-7-11-23(20)33-28)40(37,38)32-19-21-10-8-16-35(4)27(21)24-13-15-31-36(24)5;3-2(4,5)1(6)7/h6-7,9,11,13,15,17-18,21,27,32H,8,10,12,14,16,19H2,1-5H3,(H,30,33);(H,6,7)/t21-,27+;/m0./s1. The van der Waals surface area contributed by atoms with E-state index in [1.807, 2.05) is 48.1 Å². The van der Waals surface area contributed by atoms with Crippen LogP contribution in [0.3, 0.4) is 0 Å². The van der Waals surface area contributed by atoms with Gasteiger partial charge in [0.2, 0.25) is 10.0 Å². The van der Waals surface area contributed by atoms with Crippen molar-refractivity contribution in [3.8, 4) is 0 Å². The molecule has 1 aliphatic rings. The Bertz CT molecular complexity index is 1780. The fourth-order valence-corrected chi connectivity index (χ4v) is 6.67. The largest absolute Gasteiger partial charge is 0.490 e. The van der Waals surface area contributed by atoms with Gasteiger partial charge < -0.3 is 14.9 Å². The number of nitrogens with one attached hydrogen (secondary N) is 2. The summed E-state index contributed by atoms with van der Waals surface area (Å²) in [5.74, 6) is -1.50. The molecule has 1 aromatic carbocycles. The van der Waals surface area contributed by atoms with Gasteiger partial charge in [0.15, 0.2) is 0 Å². The van der Waals surface area contributed by atoms with Gasteiger partial charge in [0.05, 0.1) is 22.9 Å². The van der Waals surface area contributed by atoms with Crippen molar-refractivity contribution in [3.05, 3.63) is 65.8 Å². The van der Waals surface area contributed by atoms with E-state index < -0.39 is 22.2 Å². The molecule has 1 aliphatic heterocycles. The molecule has 2 atom stereocenters. The molecule has 0 amide bonds. The number of carbonyl (C=O) groups is 1. The minimum Gasteiger partial charge on any atom is -0.475 e. The quantitative estimate of drug-likeness (QED) is 0.222. The Morgan fingerprint density at radius 2 is 1.83 bits per heavy atom. The lowest BCUT2D eigenvalue weighted by Gasteiger charge is -2.39. The van der Waals surface area contributed by atoms with Crippen LogP contribution in [0, 0.1) is 5.92 Å². The number of sulfonamides is 1. The van der Waals surface area contributed by atoms with Crippen LogP contribution in [-0.2, 0) is 33.7 Å².